The molecule has 1 aromatic heterocycles. The number of nitrogens with zero attached hydrogens (tertiary/aromatic N) is 1. The van der Waals surface area contributed by atoms with Crippen LogP contribution in [0, 0.1) is 0 Å². The van der Waals surface area contributed by atoms with Gasteiger partial charge in [-0.1, -0.05) is 11.6 Å². The molecule has 0 spiro atoms. The van der Waals surface area contributed by atoms with Gasteiger partial charge in [-0.2, -0.15) is 0 Å². The van der Waals surface area contributed by atoms with Crippen molar-refractivity contribution in [2.45, 2.75) is 13.0 Å². The van der Waals surface area contributed by atoms with Crippen LogP contribution in [0.1, 0.15) is 17.8 Å². The topological polar surface area (TPSA) is 34.2 Å². The third kappa shape index (κ3) is 2.66. The Balaban J connectivity index is 2.39. The van der Waals surface area contributed by atoms with E-state index in [1.165, 1.54) is 4.88 Å². The third-order valence-electron chi connectivity index (χ3n) is 2.78. The van der Waals surface area contributed by atoms with Gasteiger partial charge < -0.3 is 10.1 Å². The van der Waals surface area contributed by atoms with Gasteiger partial charge in [0.15, 0.2) is 0 Å². The van der Waals surface area contributed by atoms with Gasteiger partial charge in [-0.05, 0) is 32.2 Å². The molecule has 1 atom stereocenters. The Hall–Kier alpha value is -1.10. The molecule has 0 fully saturated rings. The first-order valence-corrected chi connectivity index (χ1v) is 6.82. The maximum Gasteiger partial charge on any atom is 0.130 e. The average molecular weight is 283 g/mol. The van der Waals surface area contributed by atoms with Gasteiger partial charge in [-0.3, -0.25) is 0 Å². The Morgan fingerprint density at radius 2 is 2.22 bits per heavy atom. The molecular weight excluding hydrogens is 268 g/mol. The number of hydrogen-bond donors (Lipinski definition) is 1. The van der Waals surface area contributed by atoms with Crippen LogP contribution in [0.3, 0.4) is 0 Å². The Labute approximate surface area is 116 Å². The SMILES string of the molecule is CNC(C)c1cnc(-c2ccc(Cl)cc2OC)s1. The highest BCUT2D eigenvalue weighted by Gasteiger charge is 2.13. The summed E-state index contributed by atoms with van der Waals surface area (Å²) in [5.41, 5.74) is 0.974. The predicted molar refractivity (Wildman–Crippen MR) is 76.6 cm³/mol. The van der Waals surface area contributed by atoms with E-state index in [0.717, 1.165) is 16.3 Å². The molecular formula is C13H15ClN2OS. The van der Waals surface area contributed by atoms with Crippen molar-refractivity contribution in [2.75, 3.05) is 14.2 Å². The molecule has 96 valence electrons. The molecule has 0 aliphatic heterocycles. The lowest BCUT2D eigenvalue weighted by Gasteiger charge is -2.07. The van der Waals surface area contributed by atoms with Crippen LogP contribution in [0.4, 0.5) is 0 Å². The largest absolute Gasteiger partial charge is 0.496 e. The zero-order chi connectivity index (χ0) is 13.1. The molecule has 1 aromatic carbocycles. The molecule has 5 heteroatoms. The van der Waals surface area contributed by atoms with E-state index in [9.17, 15) is 0 Å². The van der Waals surface area contributed by atoms with Crippen LogP contribution in [0.25, 0.3) is 10.6 Å². The van der Waals surface area contributed by atoms with E-state index in [4.69, 9.17) is 16.3 Å². The van der Waals surface area contributed by atoms with Gasteiger partial charge in [-0.25, -0.2) is 4.98 Å². The van der Waals surface area contributed by atoms with E-state index in [1.807, 2.05) is 25.4 Å². The van der Waals surface area contributed by atoms with E-state index in [-0.39, 0.29) is 0 Å². The number of nitrogens with one attached hydrogen (secondary N) is 1. The fourth-order valence-electron chi connectivity index (χ4n) is 1.60. The van der Waals surface area contributed by atoms with E-state index in [0.29, 0.717) is 11.1 Å². The van der Waals surface area contributed by atoms with Crippen molar-refractivity contribution in [1.29, 1.82) is 0 Å². The summed E-state index contributed by atoms with van der Waals surface area (Å²) in [5, 5.41) is 4.81. The summed E-state index contributed by atoms with van der Waals surface area (Å²) >= 11 is 7.61. The van der Waals surface area contributed by atoms with Crippen LogP contribution in [-0.2, 0) is 0 Å². The standard InChI is InChI=1S/C13H15ClN2OS/c1-8(15-2)12-7-16-13(18-12)10-5-4-9(14)6-11(10)17-3/h4-8,15H,1-3H3. The van der Waals surface area contributed by atoms with Gasteiger partial charge in [0.25, 0.3) is 0 Å². The van der Waals surface area contributed by atoms with Crippen molar-refractivity contribution < 1.29 is 4.74 Å². The number of aromatic nitrogens is 1. The number of ether oxygens (including phenoxy) is 1. The zero-order valence-corrected chi connectivity index (χ0v) is 12.1. The summed E-state index contributed by atoms with van der Waals surface area (Å²) in [7, 11) is 3.58. The number of methoxy groups -OCH3 is 1. The lowest BCUT2D eigenvalue weighted by molar-refractivity contribution is 0.416. The monoisotopic (exact) mass is 282 g/mol. The first kappa shape index (κ1) is 13.3. The van der Waals surface area contributed by atoms with Crippen LogP contribution in [-0.4, -0.2) is 19.1 Å². The maximum atomic E-state index is 5.95. The van der Waals surface area contributed by atoms with Crippen LogP contribution in [0.15, 0.2) is 24.4 Å². The first-order valence-electron chi connectivity index (χ1n) is 5.62. The molecule has 1 unspecified atom stereocenters. The fourth-order valence-corrected chi connectivity index (χ4v) is 2.76. The van der Waals surface area contributed by atoms with Crippen LogP contribution >= 0.6 is 22.9 Å². The van der Waals surface area contributed by atoms with Gasteiger partial charge in [0.2, 0.25) is 0 Å². The van der Waals surface area contributed by atoms with Crippen LogP contribution in [0.5, 0.6) is 5.75 Å². The van der Waals surface area contributed by atoms with Crippen molar-refractivity contribution >= 4 is 22.9 Å². The summed E-state index contributed by atoms with van der Waals surface area (Å²) in [6.45, 7) is 2.11. The molecule has 0 saturated carbocycles. The van der Waals surface area contributed by atoms with Crippen molar-refractivity contribution in [1.82, 2.24) is 10.3 Å². The molecule has 1 N–H and O–H groups in total. The van der Waals surface area contributed by atoms with E-state index in [2.05, 4.69) is 17.2 Å². The van der Waals surface area contributed by atoms with Crippen molar-refractivity contribution in [3.63, 3.8) is 0 Å². The van der Waals surface area contributed by atoms with Crippen LogP contribution in [0.2, 0.25) is 5.02 Å². The number of hydrogen-bond acceptors (Lipinski definition) is 4. The Morgan fingerprint density at radius 3 is 2.89 bits per heavy atom. The quantitative estimate of drug-likeness (QED) is 0.927. The summed E-state index contributed by atoms with van der Waals surface area (Å²) < 4.78 is 5.34. The second-order valence-electron chi connectivity index (χ2n) is 3.92. The molecule has 0 aliphatic rings. The molecule has 0 saturated heterocycles. The average Bonchev–Trinajstić information content (AvgIpc) is 2.87. The number of halogens is 1. The molecule has 2 rings (SSSR count). The number of benzene rings is 1. The van der Waals surface area contributed by atoms with E-state index < -0.39 is 0 Å². The molecule has 1 heterocycles. The minimum Gasteiger partial charge on any atom is -0.496 e. The lowest BCUT2D eigenvalue weighted by Crippen LogP contribution is -2.10. The zero-order valence-electron chi connectivity index (χ0n) is 10.5. The van der Waals surface area contributed by atoms with Gasteiger partial charge in [0, 0.05) is 22.1 Å². The summed E-state index contributed by atoms with van der Waals surface area (Å²) in [6.07, 6.45) is 1.90. The second kappa shape index (κ2) is 5.69. The van der Waals surface area contributed by atoms with Gasteiger partial charge in [0.1, 0.15) is 10.8 Å². The van der Waals surface area contributed by atoms with Gasteiger partial charge in [-0.15, -0.1) is 11.3 Å². The third-order valence-corrected chi connectivity index (χ3v) is 4.23. The van der Waals surface area contributed by atoms with Gasteiger partial charge >= 0.3 is 0 Å². The Bertz CT molecular complexity index is 542. The highest BCUT2D eigenvalue weighted by molar-refractivity contribution is 7.15. The summed E-state index contributed by atoms with van der Waals surface area (Å²) in [4.78, 5) is 5.65. The van der Waals surface area contributed by atoms with E-state index >= 15 is 0 Å². The molecule has 18 heavy (non-hydrogen) atoms. The molecule has 3 nitrogen and oxygen atoms in total. The molecule has 2 aromatic rings. The minimum absolute atomic E-state index is 0.301. The minimum atomic E-state index is 0.301. The number of rotatable bonds is 4. The lowest BCUT2D eigenvalue weighted by atomic mass is 10.2. The first-order chi connectivity index (χ1) is 8.65. The maximum absolute atomic E-state index is 5.95. The highest BCUT2D eigenvalue weighted by atomic mass is 35.5. The molecule has 0 radical (unpaired) electrons. The van der Waals surface area contributed by atoms with E-state index in [1.54, 1.807) is 24.5 Å². The molecule has 0 bridgehead atoms. The van der Waals surface area contributed by atoms with Crippen molar-refractivity contribution in [3.8, 4) is 16.3 Å². The number of thiazole rings is 1. The fraction of sp³-hybridized carbons (Fsp3) is 0.308. The summed E-state index contributed by atoms with van der Waals surface area (Å²) in [5.74, 6) is 0.750. The second-order valence-corrected chi connectivity index (χ2v) is 5.42. The molecule has 0 amide bonds. The Morgan fingerprint density at radius 1 is 1.44 bits per heavy atom. The summed E-state index contributed by atoms with van der Waals surface area (Å²) in [6, 6.07) is 5.89. The Kier molecular flexibility index (Phi) is 4.22. The van der Waals surface area contributed by atoms with Crippen molar-refractivity contribution in [3.05, 3.63) is 34.3 Å². The van der Waals surface area contributed by atoms with Crippen molar-refractivity contribution in [2.24, 2.45) is 0 Å². The predicted octanol–water partition coefficient (Wildman–Crippen LogP) is 3.75. The van der Waals surface area contributed by atoms with Crippen LogP contribution < -0.4 is 10.1 Å². The van der Waals surface area contributed by atoms with Gasteiger partial charge in [0.05, 0.1) is 12.7 Å². The smallest absolute Gasteiger partial charge is 0.130 e. The normalized spacial score (nSPS) is 12.4. The highest BCUT2D eigenvalue weighted by Crippen LogP contribution is 2.36. The molecule has 0 aliphatic carbocycles.